The Bertz CT molecular complexity index is 593. The topological polar surface area (TPSA) is 62.3 Å². The Labute approximate surface area is 130 Å². The predicted molar refractivity (Wildman–Crippen MR) is 87.0 cm³/mol. The highest BCUT2D eigenvalue weighted by atomic mass is 32.2. The van der Waals surface area contributed by atoms with Crippen LogP contribution in [-0.4, -0.2) is 44.5 Å². The van der Waals surface area contributed by atoms with Gasteiger partial charge in [0.25, 0.3) is 0 Å². The largest absolute Gasteiger partial charge is 0.347 e. The zero-order valence-electron chi connectivity index (χ0n) is 12.5. The van der Waals surface area contributed by atoms with Crippen molar-refractivity contribution in [3.63, 3.8) is 0 Å². The summed E-state index contributed by atoms with van der Waals surface area (Å²) >= 11 is 1.74. The van der Waals surface area contributed by atoms with Crippen molar-refractivity contribution in [1.82, 2.24) is 10.3 Å². The minimum atomic E-state index is -2.86. The van der Waals surface area contributed by atoms with Crippen molar-refractivity contribution in [2.24, 2.45) is 0 Å². The fraction of sp³-hybridized carbons (Fsp3) is 0.786. The van der Waals surface area contributed by atoms with E-state index in [1.54, 1.807) is 11.3 Å². The molecule has 0 amide bonds. The van der Waals surface area contributed by atoms with Crippen molar-refractivity contribution in [1.29, 1.82) is 0 Å². The molecule has 2 fully saturated rings. The maximum Gasteiger partial charge on any atom is 0.185 e. The number of nitrogens with one attached hydrogen (secondary N) is 1. The van der Waals surface area contributed by atoms with Crippen LogP contribution in [0.4, 0.5) is 5.13 Å². The van der Waals surface area contributed by atoms with E-state index in [0.29, 0.717) is 24.6 Å². The van der Waals surface area contributed by atoms with Crippen LogP contribution < -0.4 is 10.2 Å². The number of thiazole rings is 1. The molecule has 21 heavy (non-hydrogen) atoms. The lowest BCUT2D eigenvalue weighted by Gasteiger charge is -2.17. The van der Waals surface area contributed by atoms with Crippen molar-refractivity contribution < 1.29 is 8.42 Å². The van der Waals surface area contributed by atoms with Gasteiger partial charge >= 0.3 is 0 Å². The Morgan fingerprint density at radius 2 is 2.14 bits per heavy atom. The number of rotatable bonds is 5. The van der Waals surface area contributed by atoms with Crippen LogP contribution >= 0.6 is 11.3 Å². The number of hydrogen-bond donors (Lipinski definition) is 1. The van der Waals surface area contributed by atoms with E-state index in [-0.39, 0.29) is 5.75 Å². The third kappa shape index (κ3) is 3.76. The molecule has 1 aliphatic carbocycles. The molecule has 1 saturated heterocycles. The van der Waals surface area contributed by atoms with Gasteiger partial charge in [0.1, 0.15) is 0 Å². The summed E-state index contributed by atoms with van der Waals surface area (Å²) in [5, 5.41) is 4.40. The first-order chi connectivity index (χ1) is 10.1. The second-order valence-electron chi connectivity index (χ2n) is 5.85. The summed E-state index contributed by atoms with van der Waals surface area (Å²) in [6, 6.07) is 0. The average molecular weight is 329 g/mol. The van der Waals surface area contributed by atoms with Crippen LogP contribution in [0.5, 0.6) is 0 Å². The molecular formula is C14H23N3O2S2. The standard InChI is InChI=1S/C14H23N3O2S2/c1-2-15-10-12-13(11-4-5-11)16-14(20-12)17-6-3-8-21(18,19)9-7-17/h11,15H,2-10H2,1H3. The van der Waals surface area contributed by atoms with Crippen molar-refractivity contribution in [3.05, 3.63) is 10.6 Å². The summed E-state index contributed by atoms with van der Waals surface area (Å²) in [6.07, 6.45) is 3.20. The van der Waals surface area contributed by atoms with Gasteiger partial charge in [-0.2, -0.15) is 0 Å². The van der Waals surface area contributed by atoms with Gasteiger partial charge in [0.2, 0.25) is 0 Å². The lowest BCUT2D eigenvalue weighted by Crippen LogP contribution is -2.26. The first kappa shape index (κ1) is 15.2. The molecule has 1 N–H and O–H groups in total. The first-order valence-electron chi connectivity index (χ1n) is 7.75. The van der Waals surface area contributed by atoms with E-state index in [9.17, 15) is 8.42 Å². The minimum absolute atomic E-state index is 0.258. The molecule has 3 rings (SSSR count). The maximum atomic E-state index is 11.7. The van der Waals surface area contributed by atoms with Gasteiger partial charge in [-0.05, 0) is 25.8 Å². The van der Waals surface area contributed by atoms with Crippen LogP contribution in [0.3, 0.4) is 0 Å². The van der Waals surface area contributed by atoms with E-state index >= 15 is 0 Å². The summed E-state index contributed by atoms with van der Waals surface area (Å²) in [7, 11) is -2.86. The highest BCUT2D eigenvalue weighted by Gasteiger charge is 2.31. The van der Waals surface area contributed by atoms with Crippen LogP contribution in [0.25, 0.3) is 0 Å². The van der Waals surface area contributed by atoms with Gasteiger partial charge in [-0.1, -0.05) is 6.92 Å². The Morgan fingerprint density at radius 1 is 1.33 bits per heavy atom. The normalized spacial score (nSPS) is 22.2. The van der Waals surface area contributed by atoms with E-state index < -0.39 is 9.84 Å². The summed E-state index contributed by atoms with van der Waals surface area (Å²) in [5.74, 6) is 1.21. The zero-order chi connectivity index (χ0) is 14.9. The Balaban J connectivity index is 1.78. The van der Waals surface area contributed by atoms with Crippen molar-refractivity contribution >= 4 is 26.3 Å². The van der Waals surface area contributed by atoms with E-state index in [0.717, 1.165) is 24.8 Å². The molecule has 1 saturated carbocycles. The molecule has 0 bridgehead atoms. The minimum Gasteiger partial charge on any atom is -0.347 e. The van der Waals surface area contributed by atoms with Crippen molar-refractivity contribution in [2.75, 3.05) is 36.0 Å². The molecule has 0 spiro atoms. The number of hydrogen-bond acceptors (Lipinski definition) is 6. The number of nitrogens with zero attached hydrogens (tertiary/aromatic N) is 2. The summed E-state index contributed by atoms with van der Waals surface area (Å²) in [5.41, 5.74) is 1.25. The Morgan fingerprint density at radius 3 is 2.86 bits per heavy atom. The fourth-order valence-corrected chi connectivity index (χ4v) is 5.10. The van der Waals surface area contributed by atoms with Crippen LogP contribution in [0.15, 0.2) is 0 Å². The highest BCUT2D eigenvalue weighted by Crippen LogP contribution is 2.44. The maximum absolute atomic E-state index is 11.7. The number of sulfone groups is 1. The molecule has 0 atom stereocenters. The molecule has 2 heterocycles. The molecule has 0 radical (unpaired) electrons. The summed E-state index contributed by atoms with van der Waals surface area (Å²) < 4.78 is 23.5. The van der Waals surface area contributed by atoms with Crippen LogP contribution in [0.2, 0.25) is 0 Å². The third-order valence-electron chi connectivity index (χ3n) is 4.04. The molecule has 0 unspecified atom stereocenters. The fourth-order valence-electron chi connectivity index (χ4n) is 2.66. The second-order valence-corrected chi connectivity index (χ2v) is 9.22. The van der Waals surface area contributed by atoms with Crippen LogP contribution in [0.1, 0.15) is 42.7 Å². The number of aromatic nitrogens is 1. The summed E-state index contributed by atoms with van der Waals surface area (Å²) in [4.78, 5) is 8.35. The Kier molecular flexibility index (Phi) is 4.51. The molecule has 1 aromatic heterocycles. The predicted octanol–water partition coefficient (Wildman–Crippen LogP) is 1.75. The van der Waals surface area contributed by atoms with Gasteiger partial charge in [-0.3, -0.25) is 0 Å². The van der Waals surface area contributed by atoms with Crippen LogP contribution in [0, 0.1) is 0 Å². The second kappa shape index (κ2) is 6.22. The lowest BCUT2D eigenvalue weighted by atomic mass is 10.2. The highest BCUT2D eigenvalue weighted by molar-refractivity contribution is 7.91. The SMILES string of the molecule is CCNCc1sc(N2CCCS(=O)(=O)CC2)nc1C1CC1. The van der Waals surface area contributed by atoms with Gasteiger partial charge in [-0.25, -0.2) is 13.4 Å². The monoisotopic (exact) mass is 329 g/mol. The molecular weight excluding hydrogens is 306 g/mol. The smallest absolute Gasteiger partial charge is 0.185 e. The van der Waals surface area contributed by atoms with E-state index in [1.165, 1.54) is 23.4 Å². The van der Waals surface area contributed by atoms with E-state index in [2.05, 4.69) is 17.1 Å². The molecule has 2 aliphatic rings. The molecule has 1 aliphatic heterocycles. The quantitative estimate of drug-likeness (QED) is 0.892. The van der Waals surface area contributed by atoms with Crippen LogP contribution in [-0.2, 0) is 16.4 Å². The Hall–Kier alpha value is -0.660. The zero-order valence-corrected chi connectivity index (χ0v) is 14.1. The van der Waals surface area contributed by atoms with Crippen molar-refractivity contribution in [2.45, 2.75) is 38.6 Å². The van der Waals surface area contributed by atoms with Gasteiger partial charge in [0.05, 0.1) is 17.2 Å². The lowest BCUT2D eigenvalue weighted by molar-refractivity contribution is 0.597. The van der Waals surface area contributed by atoms with E-state index in [1.807, 2.05) is 0 Å². The number of anilines is 1. The summed E-state index contributed by atoms with van der Waals surface area (Å²) in [6.45, 7) is 5.34. The van der Waals surface area contributed by atoms with E-state index in [4.69, 9.17) is 4.98 Å². The molecule has 1 aromatic rings. The third-order valence-corrected chi connectivity index (χ3v) is 6.89. The molecule has 7 heteroatoms. The molecule has 0 aromatic carbocycles. The first-order valence-corrected chi connectivity index (χ1v) is 10.4. The van der Waals surface area contributed by atoms with Gasteiger partial charge in [0.15, 0.2) is 15.0 Å². The van der Waals surface area contributed by atoms with Gasteiger partial charge in [-0.15, -0.1) is 11.3 Å². The molecule has 5 nitrogen and oxygen atoms in total. The molecule has 118 valence electrons. The van der Waals surface area contributed by atoms with Gasteiger partial charge < -0.3 is 10.2 Å². The van der Waals surface area contributed by atoms with Gasteiger partial charge in [0, 0.05) is 30.4 Å². The van der Waals surface area contributed by atoms with Crippen molar-refractivity contribution in [3.8, 4) is 0 Å². The average Bonchev–Trinajstić information content (AvgIpc) is 3.23.